The van der Waals surface area contributed by atoms with E-state index in [0.717, 1.165) is 49.4 Å². The summed E-state index contributed by atoms with van der Waals surface area (Å²) in [5.74, 6) is -0.108. The van der Waals surface area contributed by atoms with Crippen LogP contribution in [0.2, 0.25) is 0 Å². The summed E-state index contributed by atoms with van der Waals surface area (Å²) in [5, 5.41) is 7.73. The molecule has 2 aromatic rings. The highest BCUT2D eigenvalue weighted by atomic mass is 16.5. The minimum Gasteiger partial charge on any atom is -0.375 e. The first-order valence-corrected chi connectivity index (χ1v) is 9.59. The third-order valence-electron chi connectivity index (χ3n) is 5.50. The average molecular weight is 371 g/mol. The molecule has 2 aliphatic rings. The summed E-state index contributed by atoms with van der Waals surface area (Å²) < 4.78 is 7.48. The normalized spacial score (nSPS) is 21.1. The maximum Gasteiger partial charge on any atom is 0.270 e. The molecule has 7 heteroatoms. The van der Waals surface area contributed by atoms with E-state index in [9.17, 15) is 4.79 Å². The van der Waals surface area contributed by atoms with Crippen molar-refractivity contribution in [1.82, 2.24) is 20.1 Å². The molecule has 7 nitrogen and oxygen atoms in total. The molecule has 146 valence electrons. The number of aromatic nitrogens is 3. The smallest absolute Gasteiger partial charge is 0.270 e. The van der Waals surface area contributed by atoms with E-state index in [-0.39, 0.29) is 19.0 Å². The maximum atomic E-state index is 12.8. The van der Waals surface area contributed by atoms with E-state index >= 15 is 0 Å². The highest BCUT2D eigenvalue weighted by Gasteiger charge is 2.45. The van der Waals surface area contributed by atoms with Crippen molar-refractivity contribution in [2.45, 2.75) is 44.8 Å². The molecular formula is C20H29N5O2. The van der Waals surface area contributed by atoms with Gasteiger partial charge in [-0.2, -0.15) is 5.10 Å². The van der Waals surface area contributed by atoms with Gasteiger partial charge in [-0.3, -0.25) is 14.5 Å². The fourth-order valence-corrected chi connectivity index (χ4v) is 3.66. The molecule has 27 heavy (non-hydrogen) atoms. The molecule has 0 aromatic carbocycles. The van der Waals surface area contributed by atoms with Crippen molar-refractivity contribution in [2.75, 3.05) is 24.6 Å². The van der Waals surface area contributed by atoms with Crippen LogP contribution >= 0.6 is 0 Å². The molecule has 4 rings (SSSR count). The zero-order valence-electron chi connectivity index (χ0n) is 16.2. The number of pyridine rings is 1. The molecule has 1 aliphatic heterocycles. The van der Waals surface area contributed by atoms with Gasteiger partial charge >= 0.3 is 0 Å². The van der Waals surface area contributed by atoms with Crippen LogP contribution in [0.25, 0.3) is 0 Å². The summed E-state index contributed by atoms with van der Waals surface area (Å²) in [7, 11) is 1.94. The third kappa shape index (κ3) is 3.98. The Balaban J connectivity index is 0.00000225. The molecule has 1 saturated carbocycles. The molecule has 0 spiro atoms. The van der Waals surface area contributed by atoms with Gasteiger partial charge in [0.15, 0.2) is 0 Å². The summed E-state index contributed by atoms with van der Waals surface area (Å²) in [4.78, 5) is 19.4. The highest BCUT2D eigenvalue weighted by molar-refractivity contribution is 5.94. The highest BCUT2D eigenvalue weighted by Crippen LogP contribution is 2.38. The predicted molar refractivity (Wildman–Crippen MR) is 105 cm³/mol. The van der Waals surface area contributed by atoms with Gasteiger partial charge in [0, 0.05) is 51.1 Å². The van der Waals surface area contributed by atoms with Crippen molar-refractivity contribution in [3.05, 3.63) is 41.5 Å². The number of nitrogens with zero attached hydrogens (tertiary/aromatic N) is 4. The Labute approximate surface area is 161 Å². The molecule has 3 heterocycles. The van der Waals surface area contributed by atoms with E-state index in [4.69, 9.17) is 4.74 Å². The van der Waals surface area contributed by atoms with Crippen molar-refractivity contribution >= 4 is 11.6 Å². The predicted octanol–water partition coefficient (Wildman–Crippen LogP) is 2.10. The van der Waals surface area contributed by atoms with Crippen molar-refractivity contribution in [3.63, 3.8) is 0 Å². The van der Waals surface area contributed by atoms with Crippen LogP contribution in [0.4, 0.5) is 5.69 Å². The number of carbonyl (C=O) groups excluding carboxylic acids is 1. The van der Waals surface area contributed by atoms with E-state index < -0.39 is 0 Å². The second kappa shape index (κ2) is 6.96. The molecule has 1 N–H and O–H groups in total. The van der Waals surface area contributed by atoms with Crippen molar-refractivity contribution < 1.29 is 11.0 Å². The van der Waals surface area contributed by atoms with Crippen LogP contribution in [0, 0.1) is 6.92 Å². The lowest BCUT2D eigenvalue weighted by atomic mass is 10.1. The van der Waals surface area contributed by atoms with E-state index in [0.29, 0.717) is 12.3 Å². The fourth-order valence-electron chi connectivity index (χ4n) is 3.66. The minimum absolute atomic E-state index is 0. The SMILES string of the molecule is Cc1cc(CC2(NC(=O)c3cc(N4CCO[C@@H](C)C4)ccn3)CC2)nn1C.[HH]. The number of carbonyl (C=O) groups is 1. The Hall–Kier alpha value is -2.41. The summed E-state index contributed by atoms with van der Waals surface area (Å²) >= 11 is 0. The number of morpholine rings is 1. The summed E-state index contributed by atoms with van der Waals surface area (Å²) in [6.45, 7) is 6.47. The average Bonchev–Trinajstić information content (AvgIpc) is 3.32. The zero-order valence-corrected chi connectivity index (χ0v) is 16.2. The fraction of sp³-hybridized carbons (Fsp3) is 0.550. The van der Waals surface area contributed by atoms with Gasteiger partial charge in [0.25, 0.3) is 5.91 Å². The van der Waals surface area contributed by atoms with Gasteiger partial charge in [0.1, 0.15) is 5.69 Å². The second-order valence-electron chi connectivity index (χ2n) is 7.84. The number of aryl methyl sites for hydroxylation is 2. The number of nitrogens with one attached hydrogen (secondary N) is 1. The Bertz CT molecular complexity index is 829. The molecule has 1 saturated heterocycles. The molecule has 2 aromatic heterocycles. The molecule has 0 radical (unpaired) electrons. The Kier molecular flexibility index (Phi) is 4.63. The lowest BCUT2D eigenvalue weighted by Gasteiger charge is -2.33. The first-order valence-electron chi connectivity index (χ1n) is 9.59. The third-order valence-corrected chi connectivity index (χ3v) is 5.50. The van der Waals surface area contributed by atoms with Crippen LogP contribution in [0.5, 0.6) is 0 Å². The standard InChI is InChI=1S/C20H27N5O2.H2/c1-14-10-16(23-24(14)3)12-20(5-6-20)22-19(26)18-11-17(4-7-21-18)25-8-9-27-15(2)13-25;/h4,7,10-11,15H,5-6,8-9,12-13H2,1-3H3,(H,22,26);1H/t15-;/m0./s1. The largest absolute Gasteiger partial charge is 0.375 e. The van der Waals surface area contributed by atoms with Crippen LogP contribution in [-0.4, -0.2) is 52.0 Å². The first kappa shape index (κ1) is 18.0. The molecule has 1 amide bonds. The van der Waals surface area contributed by atoms with Crippen LogP contribution < -0.4 is 10.2 Å². The van der Waals surface area contributed by atoms with Gasteiger partial charge in [-0.25, -0.2) is 0 Å². The second-order valence-corrected chi connectivity index (χ2v) is 7.84. The monoisotopic (exact) mass is 371 g/mol. The Morgan fingerprint density at radius 1 is 1.44 bits per heavy atom. The van der Waals surface area contributed by atoms with Crippen molar-refractivity contribution in [3.8, 4) is 0 Å². The molecule has 1 atom stereocenters. The number of amides is 1. The number of hydrogen-bond acceptors (Lipinski definition) is 5. The van der Waals surface area contributed by atoms with Gasteiger partial charge in [0.05, 0.1) is 18.4 Å². The Morgan fingerprint density at radius 2 is 2.26 bits per heavy atom. The number of ether oxygens (including phenoxy) is 1. The van der Waals surface area contributed by atoms with E-state index in [1.807, 2.05) is 30.8 Å². The topological polar surface area (TPSA) is 72.3 Å². The lowest BCUT2D eigenvalue weighted by molar-refractivity contribution is 0.0532. The van der Waals surface area contributed by atoms with Crippen molar-refractivity contribution in [2.24, 2.45) is 7.05 Å². The molecule has 2 fully saturated rings. The lowest BCUT2D eigenvalue weighted by Crippen LogP contribution is -2.41. The van der Waals surface area contributed by atoms with Gasteiger partial charge in [0.2, 0.25) is 0 Å². The van der Waals surface area contributed by atoms with Gasteiger partial charge in [-0.05, 0) is 44.9 Å². The number of anilines is 1. The quantitative estimate of drug-likeness (QED) is 0.871. The van der Waals surface area contributed by atoms with Gasteiger partial charge in [-0.15, -0.1) is 0 Å². The van der Waals surface area contributed by atoms with Crippen LogP contribution in [0.15, 0.2) is 24.4 Å². The summed E-state index contributed by atoms with van der Waals surface area (Å²) in [6.07, 6.45) is 4.64. The van der Waals surface area contributed by atoms with Crippen molar-refractivity contribution in [1.29, 1.82) is 0 Å². The molecule has 1 aliphatic carbocycles. The summed E-state index contributed by atoms with van der Waals surface area (Å²) in [5.41, 5.74) is 3.46. The minimum atomic E-state index is -0.178. The van der Waals surface area contributed by atoms with E-state index in [1.165, 1.54) is 0 Å². The van der Waals surface area contributed by atoms with Crippen LogP contribution in [-0.2, 0) is 18.2 Å². The van der Waals surface area contributed by atoms with Gasteiger partial charge < -0.3 is 15.0 Å². The zero-order chi connectivity index (χ0) is 19.0. The number of hydrogen-bond donors (Lipinski definition) is 1. The molecule has 0 unspecified atom stereocenters. The first-order chi connectivity index (χ1) is 12.9. The van der Waals surface area contributed by atoms with Crippen LogP contribution in [0.3, 0.4) is 0 Å². The van der Waals surface area contributed by atoms with Crippen LogP contribution in [0.1, 0.15) is 43.1 Å². The van der Waals surface area contributed by atoms with E-state index in [2.05, 4.69) is 33.3 Å². The molecular weight excluding hydrogens is 342 g/mol. The Morgan fingerprint density at radius 3 is 2.93 bits per heavy atom. The maximum absolute atomic E-state index is 12.8. The summed E-state index contributed by atoms with van der Waals surface area (Å²) in [6, 6.07) is 5.93. The van der Waals surface area contributed by atoms with Gasteiger partial charge in [-0.1, -0.05) is 0 Å². The van der Waals surface area contributed by atoms with E-state index in [1.54, 1.807) is 6.20 Å². The molecule has 0 bridgehead atoms. The number of rotatable bonds is 5.